The molecule has 2 aromatic rings. The number of para-hydroxylation sites is 1. The minimum atomic E-state index is -1.20. The van der Waals surface area contributed by atoms with Crippen LogP contribution in [0.4, 0.5) is 14.9 Å². The SMILES string of the molecule is O=C1Nc2ccc([C@H](O)CN3CC4=CC(Oc5ccccc5F)=C[C@@]4(O)C3)cc2CO1. The van der Waals surface area contributed by atoms with E-state index in [0.717, 1.165) is 11.1 Å². The molecule has 1 aliphatic carbocycles. The first-order chi connectivity index (χ1) is 14.9. The molecule has 0 radical (unpaired) electrons. The number of nitrogens with one attached hydrogen (secondary N) is 1. The number of ether oxygens (including phenoxy) is 2. The summed E-state index contributed by atoms with van der Waals surface area (Å²) in [4.78, 5) is 13.2. The maximum Gasteiger partial charge on any atom is 0.411 e. The Hall–Kier alpha value is -3.20. The maximum atomic E-state index is 13.8. The van der Waals surface area contributed by atoms with Gasteiger partial charge in [-0.3, -0.25) is 10.2 Å². The summed E-state index contributed by atoms with van der Waals surface area (Å²) >= 11 is 0. The smallest absolute Gasteiger partial charge is 0.411 e. The Morgan fingerprint density at radius 2 is 2.13 bits per heavy atom. The molecule has 2 heterocycles. The Bertz CT molecular complexity index is 1110. The Kier molecular flexibility index (Phi) is 4.77. The average molecular weight is 424 g/mol. The van der Waals surface area contributed by atoms with Gasteiger partial charge in [-0.05, 0) is 47.6 Å². The molecular weight excluding hydrogens is 403 g/mol. The number of aliphatic hydroxyl groups is 2. The number of benzene rings is 2. The largest absolute Gasteiger partial charge is 0.455 e. The van der Waals surface area contributed by atoms with Crippen LogP contribution in [-0.4, -0.2) is 46.4 Å². The van der Waals surface area contributed by atoms with Crippen molar-refractivity contribution in [2.75, 3.05) is 25.0 Å². The van der Waals surface area contributed by atoms with Crippen LogP contribution in [0.5, 0.6) is 5.75 Å². The van der Waals surface area contributed by atoms with Crippen molar-refractivity contribution < 1.29 is 28.9 Å². The molecule has 1 saturated heterocycles. The number of hydrogen-bond donors (Lipinski definition) is 3. The summed E-state index contributed by atoms with van der Waals surface area (Å²) in [7, 11) is 0. The molecule has 7 nitrogen and oxygen atoms in total. The fraction of sp³-hybridized carbons (Fsp3) is 0.261. The highest BCUT2D eigenvalue weighted by atomic mass is 19.1. The average Bonchev–Trinajstić information content (AvgIpc) is 3.19. The van der Waals surface area contributed by atoms with Gasteiger partial charge in [0, 0.05) is 25.2 Å². The summed E-state index contributed by atoms with van der Waals surface area (Å²) in [6.45, 7) is 1.24. The first-order valence-electron chi connectivity index (χ1n) is 9.95. The van der Waals surface area contributed by atoms with E-state index in [1.807, 2.05) is 11.0 Å². The third-order valence-corrected chi connectivity index (χ3v) is 5.72. The third-order valence-electron chi connectivity index (χ3n) is 5.72. The standard InChI is InChI=1S/C23H21FN2O5/c24-18-3-1-2-4-21(18)31-17-8-16-10-26(13-23(16,29)9-17)11-20(27)14-5-6-19-15(7-14)12-30-22(28)25-19/h1-9,20,27,29H,10-13H2,(H,25,28)/t20-,23-/m1/s1. The minimum Gasteiger partial charge on any atom is -0.455 e. The van der Waals surface area contributed by atoms with E-state index in [-0.39, 0.29) is 12.4 Å². The molecule has 0 unspecified atom stereocenters. The molecular formula is C23H21FN2O5. The fourth-order valence-corrected chi connectivity index (χ4v) is 4.18. The quantitative estimate of drug-likeness (QED) is 0.684. The van der Waals surface area contributed by atoms with E-state index in [9.17, 15) is 19.4 Å². The van der Waals surface area contributed by atoms with E-state index in [1.54, 1.807) is 36.4 Å². The number of fused-ring (bicyclic) bond motifs is 2. The van der Waals surface area contributed by atoms with E-state index >= 15 is 0 Å². The van der Waals surface area contributed by atoms with Crippen molar-refractivity contribution in [3.8, 4) is 5.75 Å². The molecule has 1 amide bonds. The second kappa shape index (κ2) is 7.49. The van der Waals surface area contributed by atoms with Crippen LogP contribution in [-0.2, 0) is 11.3 Å². The van der Waals surface area contributed by atoms with Gasteiger partial charge in [-0.15, -0.1) is 0 Å². The number of carbonyl (C=O) groups excluding carboxylic acids is 1. The van der Waals surface area contributed by atoms with Crippen LogP contribution < -0.4 is 10.1 Å². The number of β-amino-alcohol motifs (C(OH)–C–C–N with tert-alkyl or cyclic N) is 2. The molecule has 31 heavy (non-hydrogen) atoms. The van der Waals surface area contributed by atoms with Gasteiger partial charge >= 0.3 is 6.09 Å². The van der Waals surface area contributed by atoms with Crippen LogP contribution in [0, 0.1) is 5.82 Å². The number of allylic oxidation sites excluding steroid dienone is 1. The second-order valence-corrected chi connectivity index (χ2v) is 7.98. The van der Waals surface area contributed by atoms with E-state index in [1.165, 1.54) is 12.1 Å². The number of anilines is 1. The summed E-state index contributed by atoms with van der Waals surface area (Å²) in [6.07, 6.45) is 2.04. The first-order valence-corrected chi connectivity index (χ1v) is 9.95. The van der Waals surface area contributed by atoms with Crippen LogP contribution in [0.2, 0.25) is 0 Å². The number of aliphatic hydroxyl groups excluding tert-OH is 1. The van der Waals surface area contributed by atoms with Crippen LogP contribution in [0.3, 0.4) is 0 Å². The van der Waals surface area contributed by atoms with Gasteiger partial charge in [0.15, 0.2) is 11.6 Å². The Morgan fingerprint density at radius 1 is 1.29 bits per heavy atom. The number of hydrogen-bond acceptors (Lipinski definition) is 6. The van der Waals surface area contributed by atoms with E-state index in [0.29, 0.717) is 36.6 Å². The monoisotopic (exact) mass is 424 g/mol. The van der Waals surface area contributed by atoms with Crippen molar-refractivity contribution >= 4 is 11.8 Å². The molecule has 0 spiro atoms. The molecule has 0 bridgehead atoms. The van der Waals surface area contributed by atoms with Gasteiger partial charge in [0.05, 0.1) is 11.8 Å². The summed E-state index contributed by atoms with van der Waals surface area (Å²) in [5.74, 6) is 0.0409. The summed E-state index contributed by atoms with van der Waals surface area (Å²) in [6, 6.07) is 11.4. The Labute approximate surface area is 178 Å². The Balaban J connectivity index is 1.24. The normalized spacial score (nSPS) is 23.3. The van der Waals surface area contributed by atoms with Gasteiger partial charge in [-0.2, -0.15) is 0 Å². The minimum absolute atomic E-state index is 0.106. The molecule has 2 atom stereocenters. The summed E-state index contributed by atoms with van der Waals surface area (Å²) in [5, 5.41) is 24.3. The van der Waals surface area contributed by atoms with Crippen LogP contribution >= 0.6 is 0 Å². The highest BCUT2D eigenvalue weighted by molar-refractivity contribution is 5.87. The van der Waals surface area contributed by atoms with Crippen LogP contribution in [0.15, 0.2) is 65.9 Å². The highest BCUT2D eigenvalue weighted by Crippen LogP contribution is 2.37. The van der Waals surface area contributed by atoms with Crippen molar-refractivity contribution in [2.24, 2.45) is 0 Å². The van der Waals surface area contributed by atoms with Crippen molar-refractivity contribution in [3.05, 3.63) is 82.9 Å². The van der Waals surface area contributed by atoms with Gasteiger partial charge in [-0.1, -0.05) is 18.2 Å². The predicted molar refractivity (Wildman–Crippen MR) is 110 cm³/mol. The van der Waals surface area contributed by atoms with Crippen molar-refractivity contribution in [2.45, 2.75) is 18.3 Å². The zero-order valence-corrected chi connectivity index (χ0v) is 16.5. The number of cyclic esters (lactones) is 1. The molecule has 2 aromatic carbocycles. The van der Waals surface area contributed by atoms with Gasteiger partial charge in [0.25, 0.3) is 0 Å². The number of amides is 1. The zero-order valence-electron chi connectivity index (χ0n) is 16.5. The molecule has 2 aliphatic heterocycles. The molecule has 3 aliphatic rings. The van der Waals surface area contributed by atoms with Gasteiger partial charge in [-0.25, -0.2) is 9.18 Å². The molecule has 3 N–H and O–H groups in total. The molecule has 0 aromatic heterocycles. The first kappa shape index (κ1) is 19.7. The van der Waals surface area contributed by atoms with E-state index < -0.39 is 23.6 Å². The lowest BCUT2D eigenvalue weighted by molar-refractivity contribution is 0.0904. The highest BCUT2D eigenvalue weighted by Gasteiger charge is 2.43. The number of rotatable bonds is 5. The van der Waals surface area contributed by atoms with Crippen molar-refractivity contribution in [3.63, 3.8) is 0 Å². The van der Waals surface area contributed by atoms with Gasteiger partial charge < -0.3 is 19.7 Å². The van der Waals surface area contributed by atoms with Gasteiger partial charge in [0.2, 0.25) is 0 Å². The molecule has 8 heteroatoms. The number of carbonyl (C=O) groups is 1. The van der Waals surface area contributed by atoms with E-state index in [4.69, 9.17) is 9.47 Å². The van der Waals surface area contributed by atoms with Gasteiger partial charge in [0.1, 0.15) is 18.0 Å². The molecule has 0 saturated carbocycles. The van der Waals surface area contributed by atoms with Crippen molar-refractivity contribution in [1.29, 1.82) is 0 Å². The fourth-order valence-electron chi connectivity index (χ4n) is 4.18. The lowest BCUT2D eigenvalue weighted by Crippen LogP contribution is -2.33. The number of nitrogens with zero attached hydrogens (tertiary/aromatic N) is 1. The summed E-state index contributed by atoms with van der Waals surface area (Å²) in [5.41, 5.74) is 1.72. The van der Waals surface area contributed by atoms with E-state index in [2.05, 4.69) is 5.32 Å². The number of likely N-dealkylation sites (tertiary alicyclic amines) is 1. The van der Waals surface area contributed by atoms with Crippen LogP contribution in [0.25, 0.3) is 0 Å². The topological polar surface area (TPSA) is 91.3 Å². The maximum absolute atomic E-state index is 13.8. The predicted octanol–water partition coefficient (Wildman–Crippen LogP) is 2.87. The molecule has 160 valence electrons. The number of halogens is 1. The third kappa shape index (κ3) is 3.81. The Morgan fingerprint density at radius 3 is 2.94 bits per heavy atom. The van der Waals surface area contributed by atoms with Crippen molar-refractivity contribution in [1.82, 2.24) is 4.90 Å². The zero-order chi connectivity index (χ0) is 21.6. The second-order valence-electron chi connectivity index (χ2n) is 7.98. The lowest BCUT2D eigenvalue weighted by atomic mass is 10.0. The molecule has 1 fully saturated rings. The van der Waals surface area contributed by atoms with Crippen LogP contribution in [0.1, 0.15) is 17.2 Å². The summed E-state index contributed by atoms with van der Waals surface area (Å²) < 4.78 is 24.4. The lowest BCUT2D eigenvalue weighted by Gasteiger charge is -2.23. The molecule has 5 rings (SSSR count).